The summed E-state index contributed by atoms with van der Waals surface area (Å²) in [7, 11) is 1.54. The molecule has 1 aromatic carbocycles. The number of rotatable bonds is 12. The third kappa shape index (κ3) is 7.17. The lowest BCUT2D eigenvalue weighted by molar-refractivity contribution is -0.170. The predicted molar refractivity (Wildman–Crippen MR) is 129 cm³/mol. The number of ether oxygens (including phenoxy) is 1. The van der Waals surface area contributed by atoms with E-state index in [2.05, 4.69) is 5.32 Å². The van der Waals surface area contributed by atoms with Crippen LogP contribution in [-0.4, -0.2) is 54.4 Å². The Morgan fingerprint density at radius 2 is 1.83 bits per heavy atom. The largest absolute Gasteiger partial charge is 0.370 e. The van der Waals surface area contributed by atoms with Crippen molar-refractivity contribution in [2.24, 2.45) is 17.3 Å². The van der Waals surface area contributed by atoms with Gasteiger partial charge in [-0.25, -0.2) is 0 Å². The fourth-order valence-electron chi connectivity index (χ4n) is 4.24. The number of Topliss-reactive ketones (excluding diaryl/α,β-unsaturated/α-hetero) is 2. The summed E-state index contributed by atoms with van der Waals surface area (Å²) in [4.78, 5) is 56.0. The van der Waals surface area contributed by atoms with Crippen LogP contribution in [0.25, 0.3) is 0 Å². The normalized spacial score (nSPS) is 16.3. The minimum absolute atomic E-state index is 0.0369. The van der Waals surface area contributed by atoms with Crippen LogP contribution >= 0.6 is 0 Å². The zero-order valence-electron chi connectivity index (χ0n) is 21.5. The first-order valence-corrected chi connectivity index (χ1v) is 11.7. The van der Waals surface area contributed by atoms with Gasteiger partial charge in [0.2, 0.25) is 5.91 Å². The second-order valence-electron chi connectivity index (χ2n) is 10.5. The van der Waals surface area contributed by atoms with Gasteiger partial charge in [-0.3, -0.25) is 29.2 Å². The third-order valence-corrected chi connectivity index (χ3v) is 6.01. The van der Waals surface area contributed by atoms with Crippen LogP contribution in [0.15, 0.2) is 18.2 Å². The molecule has 3 N–H and O–H groups in total. The van der Waals surface area contributed by atoms with Gasteiger partial charge in [0.05, 0.1) is 42.5 Å². The maximum absolute atomic E-state index is 13.4. The number of anilines is 1. The molecule has 10 nitrogen and oxygen atoms in total. The fraction of sp³-hybridized carbons (Fsp3) is 0.600. The van der Waals surface area contributed by atoms with Crippen molar-refractivity contribution in [2.75, 3.05) is 18.6 Å². The van der Waals surface area contributed by atoms with E-state index in [9.17, 15) is 19.2 Å². The average molecular weight is 492 g/mol. The van der Waals surface area contributed by atoms with Crippen LogP contribution in [0.4, 0.5) is 5.69 Å². The number of ketones is 2. The quantitative estimate of drug-likeness (QED) is 0.300. The minimum Gasteiger partial charge on any atom is -0.370 e. The van der Waals surface area contributed by atoms with E-state index in [0.717, 1.165) is 0 Å². The minimum atomic E-state index is -0.780. The molecule has 1 heterocycles. The van der Waals surface area contributed by atoms with Gasteiger partial charge in [0.1, 0.15) is 0 Å². The molecule has 0 fully saturated rings. The first-order valence-electron chi connectivity index (χ1n) is 11.7. The molecule has 0 spiro atoms. The van der Waals surface area contributed by atoms with Crippen molar-refractivity contribution in [1.29, 1.82) is 0 Å². The molecule has 0 aliphatic carbocycles. The summed E-state index contributed by atoms with van der Waals surface area (Å²) in [6.45, 7) is 10.9. The van der Waals surface area contributed by atoms with Crippen LogP contribution in [0.1, 0.15) is 63.9 Å². The van der Waals surface area contributed by atoms with Gasteiger partial charge in [0, 0.05) is 7.05 Å². The van der Waals surface area contributed by atoms with E-state index in [1.54, 1.807) is 30.9 Å². The van der Waals surface area contributed by atoms with E-state index in [1.807, 2.05) is 34.6 Å². The average Bonchev–Trinajstić information content (AvgIpc) is 2.98. The summed E-state index contributed by atoms with van der Waals surface area (Å²) < 4.78 is 6.06. The Kier molecular flexibility index (Phi) is 9.68. The van der Waals surface area contributed by atoms with E-state index in [1.165, 1.54) is 11.8 Å². The highest BCUT2D eigenvalue weighted by Gasteiger charge is 2.37. The molecular formula is C25H37N3O7. The molecule has 1 aliphatic rings. The second-order valence-corrected chi connectivity index (χ2v) is 10.5. The third-order valence-electron chi connectivity index (χ3n) is 6.01. The summed E-state index contributed by atoms with van der Waals surface area (Å²) in [6.07, 6.45) is -0.333. The second kappa shape index (κ2) is 11.9. The van der Waals surface area contributed by atoms with Gasteiger partial charge in [-0.05, 0) is 42.4 Å². The maximum Gasteiger partial charge on any atom is 0.299 e. The van der Waals surface area contributed by atoms with E-state index < -0.39 is 35.2 Å². The van der Waals surface area contributed by atoms with E-state index in [0.29, 0.717) is 23.2 Å². The van der Waals surface area contributed by atoms with Gasteiger partial charge >= 0.3 is 0 Å². The lowest BCUT2D eigenvalue weighted by Gasteiger charge is -2.33. The van der Waals surface area contributed by atoms with E-state index in [-0.39, 0.29) is 30.8 Å². The Morgan fingerprint density at radius 1 is 1.17 bits per heavy atom. The van der Waals surface area contributed by atoms with E-state index in [4.69, 9.17) is 14.8 Å². The number of benzene rings is 1. The van der Waals surface area contributed by atoms with Crippen molar-refractivity contribution in [2.45, 2.75) is 66.7 Å². The Labute approximate surface area is 206 Å². The van der Waals surface area contributed by atoms with Crippen LogP contribution < -0.4 is 15.9 Å². The summed E-state index contributed by atoms with van der Waals surface area (Å²) in [5, 5.41) is 11.8. The smallest absolute Gasteiger partial charge is 0.299 e. The number of fused-ring (bicyclic) bond motifs is 1. The van der Waals surface area contributed by atoms with Gasteiger partial charge in [0.15, 0.2) is 5.78 Å². The number of hydrogen-bond donors (Lipinski definition) is 3. The SMILES string of the molecule is CC(=O)[C@@H](NC(=O)[C@H](CC(C)C)C(CONO)OCc1ccc2c(c1)C(=O)C(=O)N2C)C(C)(C)C. The molecule has 0 saturated carbocycles. The zero-order valence-corrected chi connectivity index (χ0v) is 21.5. The summed E-state index contributed by atoms with van der Waals surface area (Å²) in [5.41, 5.74) is 2.61. The molecule has 10 heteroatoms. The first-order chi connectivity index (χ1) is 16.3. The van der Waals surface area contributed by atoms with Gasteiger partial charge in [-0.15, -0.1) is 0 Å². The molecular weight excluding hydrogens is 454 g/mol. The lowest BCUT2D eigenvalue weighted by atomic mass is 9.83. The summed E-state index contributed by atoms with van der Waals surface area (Å²) in [5.74, 6) is -2.23. The number of nitrogens with one attached hydrogen (secondary N) is 2. The lowest BCUT2D eigenvalue weighted by Crippen LogP contribution is -2.52. The number of amides is 2. The standard InChI is InChI=1S/C25H37N3O7/c1-14(2)10-18(23(31)26-22(15(3)29)25(4,5)6)20(13-35-27-33)34-12-16-8-9-19-17(11-16)21(30)24(32)28(19)7/h8-9,11,14,18,20,22,27,33H,10,12-13H2,1-7H3,(H,26,31)/t18-,20?,22-/m1/s1. The molecule has 0 bridgehead atoms. The Bertz CT molecular complexity index is 955. The molecule has 2 rings (SSSR count). The Morgan fingerprint density at radius 3 is 2.37 bits per heavy atom. The van der Waals surface area contributed by atoms with Crippen LogP contribution in [0, 0.1) is 17.3 Å². The van der Waals surface area contributed by atoms with Gasteiger partial charge in [-0.2, -0.15) is 0 Å². The molecule has 0 radical (unpaired) electrons. The highest BCUT2D eigenvalue weighted by atomic mass is 16.8. The first kappa shape index (κ1) is 28.6. The number of nitrogens with zero attached hydrogens (tertiary/aromatic N) is 1. The van der Waals surface area contributed by atoms with Crippen LogP contribution in [0.3, 0.4) is 0 Å². The highest BCUT2D eigenvalue weighted by Crippen LogP contribution is 2.29. The topological polar surface area (TPSA) is 134 Å². The highest BCUT2D eigenvalue weighted by molar-refractivity contribution is 6.52. The van der Waals surface area contributed by atoms with Gasteiger partial charge in [-0.1, -0.05) is 46.3 Å². The van der Waals surface area contributed by atoms with Crippen molar-refractivity contribution >= 4 is 29.1 Å². The molecule has 1 unspecified atom stereocenters. The van der Waals surface area contributed by atoms with Crippen LogP contribution in [-0.2, 0) is 30.6 Å². The van der Waals surface area contributed by atoms with Crippen molar-refractivity contribution in [1.82, 2.24) is 11.0 Å². The fourth-order valence-corrected chi connectivity index (χ4v) is 4.24. The molecule has 2 amide bonds. The van der Waals surface area contributed by atoms with Crippen molar-refractivity contribution in [3.8, 4) is 0 Å². The van der Waals surface area contributed by atoms with Crippen molar-refractivity contribution in [3.63, 3.8) is 0 Å². The molecule has 35 heavy (non-hydrogen) atoms. The van der Waals surface area contributed by atoms with Gasteiger partial charge in [0.25, 0.3) is 11.7 Å². The summed E-state index contributed by atoms with van der Waals surface area (Å²) in [6, 6.07) is 4.34. The number of hydrogen-bond acceptors (Lipinski definition) is 8. The molecule has 1 aromatic rings. The number of likely N-dealkylation sites (N-methyl/N-ethyl adjacent to an activating group) is 1. The molecule has 0 saturated heterocycles. The molecule has 3 atom stereocenters. The van der Waals surface area contributed by atoms with Crippen molar-refractivity contribution < 1.29 is 34.0 Å². The summed E-state index contributed by atoms with van der Waals surface area (Å²) >= 11 is 0. The maximum atomic E-state index is 13.4. The zero-order chi connectivity index (χ0) is 26.5. The number of carbonyl (C=O) groups is 4. The Hall–Kier alpha value is -2.66. The molecule has 1 aliphatic heterocycles. The van der Waals surface area contributed by atoms with Crippen LogP contribution in [0.2, 0.25) is 0 Å². The van der Waals surface area contributed by atoms with E-state index >= 15 is 0 Å². The van der Waals surface area contributed by atoms with Crippen molar-refractivity contribution in [3.05, 3.63) is 29.3 Å². The molecule has 194 valence electrons. The van der Waals surface area contributed by atoms with Gasteiger partial charge < -0.3 is 15.0 Å². The molecule has 0 aromatic heterocycles. The predicted octanol–water partition coefficient (Wildman–Crippen LogP) is 2.42. The van der Waals surface area contributed by atoms with Crippen LogP contribution in [0.5, 0.6) is 0 Å². The number of carbonyl (C=O) groups excluding carboxylic acids is 4. The Balaban J connectivity index is 2.26. The monoisotopic (exact) mass is 491 g/mol.